The molecule has 0 aliphatic heterocycles. The second kappa shape index (κ2) is 5.67. The molecule has 0 heterocycles. The van der Waals surface area contributed by atoms with Crippen molar-refractivity contribution in [3.05, 3.63) is 84.6 Å². The molecule has 0 saturated heterocycles. The van der Waals surface area contributed by atoms with Crippen LogP contribution in [0.25, 0.3) is 0 Å². The number of benzene rings is 2. The lowest BCUT2D eigenvalue weighted by Gasteiger charge is -2.03. The maximum Gasteiger partial charge on any atom is -0.0238 e. The number of hydrogen-bond acceptors (Lipinski definition) is 0. The molecule has 0 aliphatic rings. The molecule has 0 unspecified atom stereocenters. The molecule has 86 valence electrons. The third-order valence-electron chi connectivity index (χ3n) is 2.98. The summed E-state index contributed by atoms with van der Waals surface area (Å²) in [4.78, 5) is 0. The fourth-order valence-corrected chi connectivity index (χ4v) is 1.91. The molecule has 0 spiro atoms. The van der Waals surface area contributed by atoms with Crippen molar-refractivity contribution in [3.63, 3.8) is 0 Å². The van der Waals surface area contributed by atoms with Crippen LogP contribution in [-0.4, -0.2) is 0 Å². The van der Waals surface area contributed by atoms with Crippen LogP contribution in [-0.2, 0) is 12.8 Å². The largest absolute Gasteiger partial charge is 0.0588 e. The first-order valence-corrected chi connectivity index (χ1v) is 6.06. The zero-order chi connectivity index (χ0) is 12.1. The summed E-state index contributed by atoms with van der Waals surface area (Å²) in [6.45, 7) is 7.78. The van der Waals surface area contributed by atoms with Gasteiger partial charge in [0.15, 0.2) is 0 Å². The molecule has 0 saturated carbocycles. The van der Waals surface area contributed by atoms with E-state index in [-0.39, 0.29) is 0 Å². The van der Waals surface area contributed by atoms with Crippen LogP contribution in [0.2, 0.25) is 0 Å². The Kier molecular flexibility index (Phi) is 3.98. The molecular formula is C17H18. The molecule has 0 fully saturated rings. The van der Waals surface area contributed by atoms with E-state index in [1.807, 2.05) is 0 Å². The van der Waals surface area contributed by atoms with Gasteiger partial charge in [0.1, 0.15) is 0 Å². The van der Waals surface area contributed by atoms with Crippen LogP contribution < -0.4 is 0 Å². The highest BCUT2D eigenvalue weighted by Crippen LogP contribution is 2.10. The zero-order valence-electron chi connectivity index (χ0n) is 10.2. The van der Waals surface area contributed by atoms with Crippen molar-refractivity contribution in [2.24, 2.45) is 0 Å². The van der Waals surface area contributed by atoms with Crippen LogP contribution >= 0.6 is 0 Å². The average molecular weight is 222 g/mol. The molecule has 0 heteroatoms. The smallest absolute Gasteiger partial charge is 0.0238 e. The first kappa shape index (κ1) is 11.9. The van der Waals surface area contributed by atoms with Gasteiger partial charge in [-0.05, 0) is 55.4 Å². The second-order valence-corrected chi connectivity index (χ2v) is 4.49. The molecule has 0 aromatic heterocycles. The molecule has 2 aromatic rings. The van der Waals surface area contributed by atoms with E-state index in [9.17, 15) is 0 Å². The fraction of sp³-hybridized carbons (Fsp3) is 0.176. The normalized spacial score (nSPS) is 10.5. The molecular weight excluding hydrogens is 204 g/mol. The molecule has 0 nitrogen and oxygen atoms in total. The molecule has 17 heavy (non-hydrogen) atoms. The monoisotopic (exact) mass is 222 g/mol. The van der Waals surface area contributed by atoms with E-state index in [0.29, 0.717) is 0 Å². The van der Waals surface area contributed by atoms with Gasteiger partial charge < -0.3 is 0 Å². The van der Waals surface area contributed by atoms with Crippen LogP contribution in [0.1, 0.15) is 28.7 Å². The lowest BCUT2D eigenvalue weighted by atomic mass is 10.0. The van der Waals surface area contributed by atoms with Gasteiger partial charge in [0.05, 0.1) is 0 Å². The van der Waals surface area contributed by atoms with Gasteiger partial charge in [-0.25, -0.2) is 0 Å². The lowest BCUT2D eigenvalue weighted by molar-refractivity contribution is 0.820. The molecule has 0 atom stereocenters. The number of hydrogen-bond donors (Lipinski definition) is 0. The van der Waals surface area contributed by atoms with E-state index >= 15 is 0 Å². The molecule has 0 N–H and O–H groups in total. The maximum absolute atomic E-state index is 3.89. The minimum absolute atomic E-state index is 1.08. The first-order chi connectivity index (χ1) is 8.24. The minimum Gasteiger partial charge on any atom is -0.0588 e. The summed E-state index contributed by atoms with van der Waals surface area (Å²) in [5.74, 6) is 0. The van der Waals surface area contributed by atoms with E-state index in [1.165, 1.54) is 17.5 Å². The second-order valence-electron chi connectivity index (χ2n) is 4.49. The standard InChI is InChI=1S/C17H18/c1-14-6-10-16(11-7-14)4-3-5-17-12-8-15(2)9-13-17/h6-13H,1-5H2. The van der Waals surface area contributed by atoms with E-state index in [4.69, 9.17) is 0 Å². The van der Waals surface area contributed by atoms with Gasteiger partial charge in [0.2, 0.25) is 0 Å². The molecule has 0 amide bonds. The molecule has 0 aliphatic carbocycles. The van der Waals surface area contributed by atoms with Crippen molar-refractivity contribution < 1.29 is 0 Å². The van der Waals surface area contributed by atoms with E-state index < -0.39 is 0 Å². The Hall–Kier alpha value is -1.56. The van der Waals surface area contributed by atoms with Crippen molar-refractivity contribution >= 4 is 0 Å². The van der Waals surface area contributed by atoms with Crippen molar-refractivity contribution in [1.82, 2.24) is 0 Å². The van der Waals surface area contributed by atoms with Crippen molar-refractivity contribution in [2.45, 2.75) is 19.3 Å². The van der Waals surface area contributed by atoms with Crippen LogP contribution in [0, 0.1) is 13.8 Å². The van der Waals surface area contributed by atoms with Crippen molar-refractivity contribution in [3.8, 4) is 0 Å². The van der Waals surface area contributed by atoms with Gasteiger partial charge in [0, 0.05) is 0 Å². The van der Waals surface area contributed by atoms with Gasteiger partial charge in [-0.15, -0.1) is 0 Å². The summed E-state index contributed by atoms with van der Waals surface area (Å²) in [5.41, 5.74) is 4.96. The Morgan fingerprint density at radius 2 is 0.941 bits per heavy atom. The fourth-order valence-electron chi connectivity index (χ4n) is 1.91. The SMILES string of the molecule is [CH2]c1ccc(CCCc2ccc([CH2])cc2)cc1. The highest BCUT2D eigenvalue weighted by Gasteiger charge is 1.95. The van der Waals surface area contributed by atoms with Crippen LogP contribution in [0.4, 0.5) is 0 Å². The maximum atomic E-state index is 3.89. The van der Waals surface area contributed by atoms with Gasteiger partial charge in [0.25, 0.3) is 0 Å². The predicted molar refractivity (Wildman–Crippen MR) is 73.8 cm³/mol. The van der Waals surface area contributed by atoms with Crippen molar-refractivity contribution in [2.75, 3.05) is 0 Å². The number of aryl methyl sites for hydroxylation is 2. The minimum atomic E-state index is 1.08. The molecule has 0 bridgehead atoms. The third-order valence-corrected chi connectivity index (χ3v) is 2.98. The Labute approximate surface area is 104 Å². The highest BCUT2D eigenvalue weighted by molar-refractivity contribution is 5.26. The van der Waals surface area contributed by atoms with E-state index in [1.54, 1.807) is 0 Å². The van der Waals surface area contributed by atoms with Crippen LogP contribution in [0.15, 0.2) is 48.5 Å². The summed E-state index contributed by atoms with van der Waals surface area (Å²) in [6, 6.07) is 17.0. The van der Waals surface area contributed by atoms with Gasteiger partial charge >= 0.3 is 0 Å². The van der Waals surface area contributed by atoms with E-state index in [0.717, 1.165) is 24.0 Å². The van der Waals surface area contributed by atoms with E-state index in [2.05, 4.69) is 62.4 Å². The van der Waals surface area contributed by atoms with Gasteiger partial charge in [-0.2, -0.15) is 0 Å². The Morgan fingerprint density at radius 3 is 1.29 bits per heavy atom. The van der Waals surface area contributed by atoms with Gasteiger partial charge in [-0.1, -0.05) is 48.5 Å². The number of rotatable bonds is 4. The lowest BCUT2D eigenvalue weighted by Crippen LogP contribution is -1.90. The highest BCUT2D eigenvalue weighted by atomic mass is 14.0. The summed E-state index contributed by atoms with van der Waals surface area (Å²) in [5, 5.41) is 0. The summed E-state index contributed by atoms with van der Waals surface area (Å²) in [7, 11) is 0. The Morgan fingerprint density at radius 1 is 0.588 bits per heavy atom. The topological polar surface area (TPSA) is 0 Å². The van der Waals surface area contributed by atoms with Crippen molar-refractivity contribution in [1.29, 1.82) is 0 Å². The average Bonchev–Trinajstić information content (AvgIpc) is 2.34. The summed E-state index contributed by atoms with van der Waals surface area (Å²) < 4.78 is 0. The summed E-state index contributed by atoms with van der Waals surface area (Å²) >= 11 is 0. The van der Waals surface area contributed by atoms with Gasteiger partial charge in [-0.3, -0.25) is 0 Å². The summed E-state index contributed by atoms with van der Waals surface area (Å²) in [6.07, 6.45) is 3.45. The quantitative estimate of drug-likeness (QED) is 0.726. The molecule has 2 radical (unpaired) electrons. The van der Waals surface area contributed by atoms with Crippen LogP contribution in [0.5, 0.6) is 0 Å². The predicted octanol–water partition coefficient (Wildman–Crippen LogP) is 4.23. The third kappa shape index (κ3) is 3.74. The molecule has 2 aromatic carbocycles. The molecule has 2 rings (SSSR count). The zero-order valence-corrected chi connectivity index (χ0v) is 10.2. The van der Waals surface area contributed by atoms with Crippen LogP contribution in [0.3, 0.4) is 0 Å². The Bertz CT molecular complexity index is 403. The Balaban J connectivity index is 1.83. The first-order valence-electron chi connectivity index (χ1n) is 6.06.